The lowest BCUT2D eigenvalue weighted by molar-refractivity contribution is 0.691. The minimum atomic E-state index is 0.457. The first kappa shape index (κ1) is 8.74. The van der Waals surface area contributed by atoms with Crippen LogP contribution in [0.25, 0.3) is 0 Å². The third kappa shape index (κ3) is 5.61. The minimum absolute atomic E-state index is 0.457. The Labute approximate surface area is 59.0 Å². The summed E-state index contributed by atoms with van der Waals surface area (Å²) in [4.78, 5) is 0. The number of hydrogen-bond acceptors (Lipinski definition) is 0. The summed E-state index contributed by atoms with van der Waals surface area (Å²) in [6, 6.07) is 0. The van der Waals surface area contributed by atoms with Crippen LogP contribution in [0.2, 0.25) is 0 Å². The van der Waals surface area contributed by atoms with E-state index in [-0.39, 0.29) is 0 Å². The van der Waals surface area contributed by atoms with Gasteiger partial charge in [0.25, 0.3) is 0 Å². The molecule has 2 atom stereocenters. The van der Waals surface area contributed by atoms with Gasteiger partial charge in [-0.05, 0) is 18.8 Å². The number of rotatable bonds is 3. The molecule has 0 rings (SSSR count). The fourth-order valence-corrected chi connectivity index (χ4v) is 0.515. The van der Waals surface area contributed by atoms with E-state index in [1.54, 1.807) is 0 Å². The van der Waals surface area contributed by atoms with Crippen LogP contribution in [0.1, 0.15) is 27.2 Å². The Balaban J connectivity index is 3.43. The average molecular weight is 125 g/mol. The van der Waals surface area contributed by atoms with Crippen molar-refractivity contribution in [3.05, 3.63) is 19.1 Å². The summed E-state index contributed by atoms with van der Waals surface area (Å²) in [7, 11) is 0. The molecule has 9 heavy (non-hydrogen) atoms. The SMILES string of the molecule is [CH2]C(C)C=CC(C)CC. The standard InChI is InChI=1S/C9H17/c1-5-9(4)7-6-8(2)3/h6-9H,2,5H2,1,3-4H3. The summed E-state index contributed by atoms with van der Waals surface area (Å²) >= 11 is 0. The van der Waals surface area contributed by atoms with Gasteiger partial charge < -0.3 is 0 Å². The zero-order valence-corrected chi connectivity index (χ0v) is 6.72. The molecule has 0 heterocycles. The van der Waals surface area contributed by atoms with Crippen LogP contribution in [0.5, 0.6) is 0 Å². The predicted molar refractivity (Wildman–Crippen MR) is 43.1 cm³/mol. The van der Waals surface area contributed by atoms with Gasteiger partial charge in [0.05, 0.1) is 0 Å². The van der Waals surface area contributed by atoms with E-state index in [9.17, 15) is 0 Å². The maximum Gasteiger partial charge on any atom is -0.0262 e. The summed E-state index contributed by atoms with van der Waals surface area (Å²) in [5, 5.41) is 0. The van der Waals surface area contributed by atoms with E-state index in [0.29, 0.717) is 11.8 Å². The number of allylic oxidation sites excluding steroid dienone is 2. The smallest absolute Gasteiger partial charge is 0.0262 e. The van der Waals surface area contributed by atoms with Crippen molar-refractivity contribution in [1.29, 1.82) is 0 Å². The Morgan fingerprint density at radius 3 is 2.22 bits per heavy atom. The summed E-state index contributed by atoms with van der Waals surface area (Å²) in [6.07, 6.45) is 5.62. The van der Waals surface area contributed by atoms with Crippen LogP contribution >= 0.6 is 0 Å². The van der Waals surface area contributed by atoms with Gasteiger partial charge in [-0.3, -0.25) is 0 Å². The third-order valence-electron chi connectivity index (χ3n) is 1.41. The van der Waals surface area contributed by atoms with Crippen molar-refractivity contribution < 1.29 is 0 Å². The number of hydrogen-bond donors (Lipinski definition) is 0. The molecule has 0 aliphatic rings. The molecule has 0 aromatic heterocycles. The summed E-state index contributed by atoms with van der Waals surface area (Å²) in [5.74, 6) is 1.17. The average Bonchev–Trinajstić information content (AvgIpc) is 1.83. The van der Waals surface area contributed by atoms with Crippen LogP contribution < -0.4 is 0 Å². The largest absolute Gasteiger partial charge is 0.0854 e. The zero-order valence-electron chi connectivity index (χ0n) is 6.72. The van der Waals surface area contributed by atoms with E-state index >= 15 is 0 Å². The lowest BCUT2D eigenvalue weighted by Crippen LogP contribution is -1.86. The van der Waals surface area contributed by atoms with E-state index < -0.39 is 0 Å². The first-order chi connectivity index (χ1) is 4.16. The van der Waals surface area contributed by atoms with Crippen molar-refractivity contribution in [3.8, 4) is 0 Å². The van der Waals surface area contributed by atoms with Gasteiger partial charge in [-0.25, -0.2) is 0 Å². The first-order valence-electron chi connectivity index (χ1n) is 3.68. The molecule has 0 saturated heterocycles. The second-order valence-corrected chi connectivity index (χ2v) is 2.75. The van der Waals surface area contributed by atoms with Crippen LogP contribution in [-0.2, 0) is 0 Å². The van der Waals surface area contributed by atoms with E-state index in [0.717, 1.165) is 0 Å². The first-order valence-corrected chi connectivity index (χ1v) is 3.68. The summed E-state index contributed by atoms with van der Waals surface area (Å²) in [5.41, 5.74) is 0. The zero-order chi connectivity index (χ0) is 7.28. The van der Waals surface area contributed by atoms with E-state index in [1.807, 2.05) is 0 Å². The van der Waals surface area contributed by atoms with Crippen molar-refractivity contribution in [2.75, 3.05) is 0 Å². The van der Waals surface area contributed by atoms with E-state index in [4.69, 9.17) is 0 Å². The Hall–Kier alpha value is -0.260. The highest BCUT2D eigenvalue weighted by atomic mass is 14.0. The van der Waals surface area contributed by atoms with Crippen molar-refractivity contribution in [2.24, 2.45) is 11.8 Å². The van der Waals surface area contributed by atoms with Crippen molar-refractivity contribution >= 4 is 0 Å². The summed E-state index contributed by atoms with van der Waals surface area (Å²) in [6.45, 7) is 10.4. The fraction of sp³-hybridized carbons (Fsp3) is 0.667. The Bertz CT molecular complexity index is 80.0. The third-order valence-corrected chi connectivity index (χ3v) is 1.41. The van der Waals surface area contributed by atoms with Crippen LogP contribution in [0.3, 0.4) is 0 Å². The Morgan fingerprint density at radius 2 is 1.89 bits per heavy atom. The predicted octanol–water partition coefficient (Wildman–Crippen LogP) is 3.06. The van der Waals surface area contributed by atoms with Gasteiger partial charge in [-0.15, -0.1) is 0 Å². The molecule has 0 fully saturated rings. The lowest BCUT2D eigenvalue weighted by Gasteiger charge is -2.00. The van der Waals surface area contributed by atoms with Gasteiger partial charge in [0.2, 0.25) is 0 Å². The molecular formula is C9H17. The molecule has 0 N–H and O–H groups in total. The molecule has 0 heteroatoms. The highest BCUT2D eigenvalue weighted by Gasteiger charge is 1.90. The molecule has 0 amide bonds. The van der Waals surface area contributed by atoms with Crippen molar-refractivity contribution in [1.82, 2.24) is 0 Å². The van der Waals surface area contributed by atoms with Crippen molar-refractivity contribution in [3.63, 3.8) is 0 Å². The molecule has 0 aromatic rings. The highest BCUT2D eigenvalue weighted by molar-refractivity contribution is 4.90. The molecule has 2 unspecified atom stereocenters. The maximum absolute atomic E-state index is 3.86. The monoisotopic (exact) mass is 125 g/mol. The molecule has 0 nitrogen and oxygen atoms in total. The normalized spacial score (nSPS) is 15.2. The minimum Gasteiger partial charge on any atom is -0.0854 e. The fourth-order valence-electron chi connectivity index (χ4n) is 0.515. The molecule has 0 saturated carbocycles. The maximum atomic E-state index is 3.86. The molecule has 1 radical (unpaired) electrons. The van der Waals surface area contributed by atoms with Crippen LogP contribution in [0.4, 0.5) is 0 Å². The van der Waals surface area contributed by atoms with Gasteiger partial charge in [0, 0.05) is 0 Å². The Morgan fingerprint density at radius 1 is 1.33 bits per heavy atom. The van der Waals surface area contributed by atoms with Crippen molar-refractivity contribution in [2.45, 2.75) is 27.2 Å². The molecule has 0 aromatic carbocycles. The molecule has 0 aliphatic heterocycles. The second-order valence-electron chi connectivity index (χ2n) is 2.75. The quantitative estimate of drug-likeness (QED) is 0.508. The van der Waals surface area contributed by atoms with Crippen LogP contribution in [0.15, 0.2) is 12.2 Å². The topological polar surface area (TPSA) is 0 Å². The Kier molecular flexibility index (Phi) is 4.47. The van der Waals surface area contributed by atoms with E-state index in [2.05, 4.69) is 39.8 Å². The lowest BCUT2D eigenvalue weighted by atomic mass is 10.1. The highest BCUT2D eigenvalue weighted by Crippen LogP contribution is 2.04. The van der Waals surface area contributed by atoms with Gasteiger partial charge in [-0.2, -0.15) is 0 Å². The van der Waals surface area contributed by atoms with Gasteiger partial charge in [0.1, 0.15) is 0 Å². The summed E-state index contributed by atoms with van der Waals surface area (Å²) < 4.78 is 0. The van der Waals surface area contributed by atoms with Crippen LogP contribution in [0, 0.1) is 18.8 Å². The molecule has 0 bridgehead atoms. The van der Waals surface area contributed by atoms with Gasteiger partial charge in [-0.1, -0.05) is 39.3 Å². The van der Waals surface area contributed by atoms with Crippen LogP contribution in [-0.4, -0.2) is 0 Å². The molecular weight excluding hydrogens is 108 g/mol. The molecule has 0 aliphatic carbocycles. The van der Waals surface area contributed by atoms with Gasteiger partial charge in [0.15, 0.2) is 0 Å². The second kappa shape index (κ2) is 4.60. The molecule has 53 valence electrons. The van der Waals surface area contributed by atoms with Gasteiger partial charge >= 0.3 is 0 Å². The molecule has 0 spiro atoms. The van der Waals surface area contributed by atoms with E-state index in [1.165, 1.54) is 6.42 Å².